The highest BCUT2D eigenvalue weighted by Crippen LogP contribution is 2.28. The molecular formula is C14H15N3OS. The third-order valence-corrected chi connectivity index (χ3v) is 4.17. The Morgan fingerprint density at radius 1 is 1.68 bits per heavy atom. The minimum atomic E-state index is -0.0430. The molecule has 1 amide bonds. The zero-order valence-electron chi connectivity index (χ0n) is 11.4. The Balaban J connectivity index is 1.84. The summed E-state index contributed by atoms with van der Waals surface area (Å²) in [5, 5.41) is 2.64. The molecule has 3 rings (SSSR count). The largest absolute Gasteiger partial charge is 0.371 e. The molecule has 2 aromatic rings. The Bertz CT molecular complexity index is 669. The third-order valence-electron chi connectivity index (χ3n) is 3.38. The second-order valence-corrected chi connectivity index (χ2v) is 5.44. The lowest BCUT2D eigenvalue weighted by Gasteiger charge is -2.18. The van der Waals surface area contributed by atoms with Crippen LogP contribution in [0, 0.1) is 5.92 Å². The van der Waals surface area contributed by atoms with Crippen LogP contribution in [0.1, 0.15) is 7.79 Å². The van der Waals surface area contributed by atoms with Gasteiger partial charge in [0.15, 0.2) is 0 Å². The van der Waals surface area contributed by atoms with Gasteiger partial charge in [0.2, 0.25) is 5.91 Å². The van der Waals surface area contributed by atoms with Gasteiger partial charge in [-0.05, 0) is 30.8 Å². The highest BCUT2D eigenvalue weighted by molar-refractivity contribution is 7.16. The molecule has 1 aromatic carbocycles. The Morgan fingerprint density at radius 2 is 2.58 bits per heavy atom. The first-order valence-electron chi connectivity index (χ1n) is 6.69. The zero-order valence-corrected chi connectivity index (χ0v) is 11.2. The zero-order chi connectivity index (χ0) is 14.1. The molecule has 5 heteroatoms. The first-order chi connectivity index (χ1) is 9.70. The minimum Gasteiger partial charge on any atom is -0.371 e. The van der Waals surface area contributed by atoms with E-state index in [0.717, 1.165) is 28.9 Å². The van der Waals surface area contributed by atoms with Gasteiger partial charge in [0, 0.05) is 18.8 Å². The molecule has 0 bridgehead atoms. The van der Waals surface area contributed by atoms with E-state index in [1.54, 1.807) is 5.51 Å². The predicted octanol–water partition coefficient (Wildman–Crippen LogP) is 2.38. The van der Waals surface area contributed by atoms with Crippen molar-refractivity contribution in [2.75, 3.05) is 18.0 Å². The van der Waals surface area contributed by atoms with Crippen LogP contribution in [-0.2, 0) is 4.79 Å². The number of amides is 1. The van der Waals surface area contributed by atoms with E-state index in [4.69, 9.17) is 1.37 Å². The summed E-state index contributed by atoms with van der Waals surface area (Å²) < 4.78 is 9.29. The summed E-state index contributed by atoms with van der Waals surface area (Å²) in [6, 6.07) is 4.40. The number of benzene rings is 1. The number of hydrogen-bond acceptors (Lipinski definition) is 4. The van der Waals surface area contributed by atoms with Crippen molar-refractivity contribution < 1.29 is 6.17 Å². The van der Waals surface area contributed by atoms with E-state index in [9.17, 15) is 4.79 Å². The molecule has 1 atom stereocenters. The number of hydrogen-bond donors (Lipinski definition) is 1. The van der Waals surface area contributed by atoms with Gasteiger partial charge in [-0.15, -0.1) is 11.3 Å². The van der Waals surface area contributed by atoms with E-state index in [0.29, 0.717) is 12.6 Å². The van der Waals surface area contributed by atoms with Crippen molar-refractivity contribution in [3.63, 3.8) is 0 Å². The van der Waals surface area contributed by atoms with Crippen LogP contribution < -0.4 is 10.2 Å². The summed E-state index contributed by atoms with van der Waals surface area (Å²) >= 11 is 1.54. The molecule has 1 aromatic heterocycles. The Morgan fingerprint density at radius 3 is 3.42 bits per heavy atom. The van der Waals surface area contributed by atoms with Crippen LogP contribution in [0.3, 0.4) is 0 Å². The molecule has 1 saturated heterocycles. The number of carbonyl (C=O) groups is 1. The van der Waals surface area contributed by atoms with Crippen molar-refractivity contribution >= 4 is 33.1 Å². The molecule has 0 aliphatic carbocycles. The number of aromatic nitrogens is 1. The van der Waals surface area contributed by atoms with Gasteiger partial charge in [0.25, 0.3) is 0 Å². The molecule has 1 fully saturated rings. The molecule has 2 heterocycles. The third kappa shape index (κ3) is 2.33. The van der Waals surface area contributed by atoms with Crippen LogP contribution >= 0.6 is 11.3 Å². The van der Waals surface area contributed by atoms with E-state index in [1.807, 2.05) is 12.1 Å². The average Bonchev–Trinajstić information content (AvgIpc) is 3.08. The second kappa shape index (κ2) is 5.01. The number of anilines is 1. The summed E-state index contributed by atoms with van der Waals surface area (Å²) in [6.07, 6.45) is 2.22. The summed E-state index contributed by atoms with van der Waals surface area (Å²) in [7, 11) is 0. The smallest absolute Gasteiger partial charge is 0.228 e. The normalized spacial score (nSPS) is 19.5. The summed E-state index contributed by atoms with van der Waals surface area (Å²) in [5.74, 6) is -0.0395. The van der Waals surface area contributed by atoms with Gasteiger partial charge in [0.05, 0.1) is 23.0 Å². The molecule has 0 saturated carbocycles. The van der Waals surface area contributed by atoms with Gasteiger partial charge >= 0.3 is 0 Å². The first-order valence-corrected chi connectivity index (χ1v) is 7.07. The van der Waals surface area contributed by atoms with Gasteiger partial charge in [0.1, 0.15) is 0 Å². The molecule has 0 radical (unpaired) electrons. The number of nitrogens with one attached hydrogen (secondary N) is 1. The number of nitrogens with zero attached hydrogens (tertiary/aromatic N) is 2. The van der Waals surface area contributed by atoms with Gasteiger partial charge in [-0.2, -0.15) is 0 Å². The fraction of sp³-hybridized carbons (Fsp3) is 0.286. The Kier molecular flexibility index (Phi) is 2.90. The maximum absolute atomic E-state index is 11.8. The summed E-state index contributed by atoms with van der Waals surface area (Å²) in [4.78, 5) is 18.1. The fourth-order valence-corrected chi connectivity index (χ4v) is 3.01. The van der Waals surface area contributed by atoms with Crippen LogP contribution in [0.15, 0.2) is 36.5 Å². The molecule has 1 unspecified atom stereocenters. The molecule has 98 valence electrons. The molecule has 4 nitrogen and oxygen atoms in total. The fourth-order valence-electron chi connectivity index (χ4n) is 2.38. The van der Waals surface area contributed by atoms with Crippen LogP contribution in [-0.4, -0.2) is 24.0 Å². The molecule has 1 aliphatic heterocycles. The van der Waals surface area contributed by atoms with Gasteiger partial charge < -0.3 is 10.2 Å². The average molecular weight is 275 g/mol. The van der Waals surface area contributed by atoms with Gasteiger partial charge in [-0.1, -0.05) is 6.58 Å². The van der Waals surface area contributed by atoms with Crippen molar-refractivity contribution in [3.05, 3.63) is 36.5 Å². The van der Waals surface area contributed by atoms with E-state index in [2.05, 4.69) is 21.8 Å². The minimum absolute atomic E-state index is 0.00349. The number of rotatable bonds is 3. The van der Waals surface area contributed by atoms with Gasteiger partial charge in [-0.3, -0.25) is 4.79 Å². The van der Waals surface area contributed by atoms with Crippen molar-refractivity contribution in [1.29, 1.82) is 0 Å². The maximum Gasteiger partial charge on any atom is 0.228 e. The van der Waals surface area contributed by atoms with Crippen LogP contribution in [0.5, 0.6) is 0 Å². The topological polar surface area (TPSA) is 45.2 Å². The summed E-state index contributed by atoms with van der Waals surface area (Å²) in [6.45, 7) is 4.94. The Labute approximate surface area is 117 Å². The number of carbonyl (C=O) groups excluding carboxylic acids is 1. The molecule has 0 spiro atoms. The van der Waals surface area contributed by atoms with Crippen molar-refractivity contribution in [2.24, 2.45) is 5.92 Å². The molecule has 1 N–H and O–H groups in total. The second-order valence-electron chi connectivity index (χ2n) is 4.55. The van der Waals surface area contributed by atoms with Gasteiger partial charge in [-0.25, -0.2) is 4.98 Å². The van der Waals surface area contributed by atoms with Crippen LogP contribution in [0.4, 0.5) is 5.69 Å². The lowest BCUT2D eigenvalue weighted by Crippen LogP contribution is -2.29. The molecule has 19 heavy (non-hydrogen) atoms. The first kappa shape index (κ1) is 11.0. The Hall–Kier alpha value is -1.88. The van der Waals surface area contributed by atoms with E-state index >= 15 is 0 Å². The van der Waals surface area contributed by atoms with Crippen LogP contribution in [0.2, 0.25) is 0 Å². The van der Waals surface area contributed by atoms with E-state index < -0.39 is 0 Å². The SMILES string of the molecule is [3H]c1c(N2CCC(C(=O)NC=C)C2)ccc2scnc12. The predicted molar refractivity (Wildman–Crippen MR) is 78.3 cm³/mol. The molecular weight excluding hydrogens is 258 g/mol. The number of fused-ring (bicyclic) bond motifs is 1. The summed E-state index contributed by atoms with van der Waals surface area (Å²) in [5.41, 5.74) is 3.36. The maximum atomic E-state index is 11.8. The van der Waals surface area contributed by atoms with Crippen LogP contribution in [0.25, 0.3) is 10.2 Å². The molecule has 1 aliphatic rings. The lowest BCUT2D eigenvalue weighted by atomic mass is 10.1. The highest BCUT2D eigenvalue weighted by Gasteiger charge is 2.28. The van der Waals surface area contributed by atoms with Crippen molar-refractivity contribution in [2.45, 2.75) is 6.42 Å². The highest BCUT2D eigenvalue weighted by atomic mass is 32.1. The number of thiazole rings is 1. The lowest BCUT2D eigenvalue weighted by molar-refractivity contribution is -0.123. The van der Waals surface area contributed by atoms with E-state index in [-0.39, 0.29) is 11.8 Å². The van der Waals surface area contributed by atoms with E-state index in [1.165, 1.54) is 17.5 Å². The monoisotopic (exact) mass is 275 g/mol. The standard InChI is InChI=1S/C14H15N3OS/c1-2-15-14(18)10-5-6-17(8-10)11-3-4-13-12(7-11)16-9-19-13/h2-4,7,9-10H,1,5-6,8H2,(H,15,18)/i7T. The quantitative estimate of drug-likeness (QED) is 0.935. The van der Waals surface area contributed by atoms with Crippen molar-refractivity contribution in [1.82, 2.24) is 10.3 Å². The van der Waals surface area contributed by atoms with Crippen molar-refractivity contribution in [3.8, 4) is 0 Å².